The molecule has 1 N–H and O–H groups in total. The summed E-state index contributed by atoms with van der Waals surface area (Å²) in [5.41, 5.74) is 4.52. The van der Waals surface area contributed by atoms with E-state index in [1.807, 2.05) is 25.1 Å². The minimum Gasteiger partial charge on any atom is -0.250 e. The van der Waals surface area contributed by atoms with Crippen LogP contribution in [0.15, 0.2) is 65.3 Å². The zero-order valence-electron chi connectivity index (χ0n) is 16.1. The molecule has 27 heavy (non-hydrogen) atoms. The summed E-state index contributed by atoms with van der Waals surface area (Å²) < 4.78 is 2.12. The summed E-state index contributed by atoms with van der Waals surface area (Å²) >= 11 is 5.35. The van der Waals surface area contributed by atoms with Crippen LogP contribution in [0.1, 0.15) is 38.8 Å². The number of H-pyrrole nitrogens is 1. The molecule has 0 atom stereocenters. The molecule has 0 bridgehead atoms. The van der Waals surface area contributed by atoms with Crippen molar-refractivity contribution >= 4 is 24.5 Å². The van der Waals surface area contributed by atoms with Gasteiger partial charge in [-0.25, -0.2) is 5.10 Å². The number of nitrogens with zero attached hydrogens (tertiary/aromatic N) is 3. The Labute approximate surface area is 165 Å². The van der Waals surface area contributed by atoms with Crippen LogP contribution in [0.4, 0.5) is 0 Å². The number of nitrogens with one attached hydrogen (secondary N) is 1. The maximum absolute atomic E-state index is 5.35. The molecule has 3 rings (SSSR count). The summed E-state index contributed by atoms with van der Waals surface area (Å²) in [6, 6.07) is 18.5. The third-order valence-corrected chi connectivity index (χ3v) is 4.49. The fourth-order valence-corrected chi connectivity index (χ4v) is 2.88. The largest absolute Gasteiger partial charge is 0.250 e. The highest BCUT2D eigenvalue weighted by Gasteiger charge is 2.14. The number of hydrogen-bond acceptors (Lipinski definition) is 3. The number of allylic oxidation sites excluding steroid dienone is 1. The Kier molecular flexibility index (Phi) is 5.51. The molecule has 0 radical (unpaired) electrons. The van der Waals surface area contributed by atoms with Gasteiger partial charge in [0.25, 0.3) is 0 Å². The van der Waals surface area contributed by atoms with E-state index < -0.39 is 0 Å². The van der Waals surface area contributed by atoms with E-state index in [0.717, 1.165) is 16.7 Å². The summed E-state index contributed by atoms with van der Waals surface area (Å²) in [4.78, 5) is 0. The first-order chi connectivity index (χ1) is 12.8. The average Bonchev–Trinajstić information content (AvgIpc) is 3.01. The Hall–Kier alpha value is -2.79. The van der Waals surface area contributed by atoms with Crippen LogP contribution in [0, 0.1) is 4.77 Å². The highest BCUT2D eigenvalue weighted by atomic mass is 32.1. The molecule has 0 unspecified atom stereocenters. The van der Waals surface area contributed by atoms with Crippen LogP contribution >= 0.6 is 12.2 Å². The first-order valence-electron chi connectivity index (χ1n) is 8.90. The number of aromatic nitrogens is 3. The van der Waals surface area contributed by atoms with Crippen molar-refractivity contribution in [3.05, 3.63) is 76.1 Å². The molecular formula is C22H24N4S. The minimum atomic E-state index is 0.112. The van der Waals surface area contributed by atoms with Crippen molar-refractivity contribution < 1.29 is 0 Å². The smallest absolute Gasteiger partial charge is 0.216 e. The van der Waals surface area contributed by atoms with Crippen molar-refractivity contribution in [2.45, 2.75) is 33.1 Å². The van der Waals surface area contributed by atoms with E-state index in [0.29, 0.717) is 10.6 Å². The Morgan fingerprint density at radius 2 is 1.74 bits per heavy atom. The maximum atomic E-state index is 5.35. The lowest BCUT2D eigenvalue weighted by Gasteiger charge is -2.18. The van der Waals surface area contributed by atoms with Crippen LogP contribution in [0.2, 0.25) is 0 Å². The molecule has 0 fully saturated rings. The van der Waals surface area contributed by atoms with Crippen molar-refractivity contribution in [2.75, 3.05) is 0 Å². The molecule has 1 aromatic heterocycles. The van der Waals surface area contributed by atoms with Crippen molar-refractivity contribution in [3.8, 4) is 11.4 Å². The normalized spacial score (nSPS) is 12.7. The van der Waals surface area contributed by atoms with Crippen LogP contribution in [-0.2, 0) is 5.41 Å². The summed E-state index contributed by atoms with van der Waals surface area (Å²) in [5, 5.41) is 11.7. The third kappa shape index (κ3) is 4.68. The fraction of sp³-hybridized carbons (Fsp3) is 0.227. The van der Waals surface area contributed by atoms with Gasteiger partial charge < -0.3 is 0 Å². The maximum Gasteiger partial charge on any atom is 0.216 e. The lowest BCUT2D eigenvalue weighted by Crippen LogP contribution is -2.10. The van der Waals surface area contributed by atoms with E-state index in [1.165, 1.54) is 5.56 Å². The molecule has 138 valence electrons. The van der Waals surface area contributed by atoms with Gasteiger partial charge in [0.1, 0.15) is 0 Å². The van der Waals surface area contributed by atoms with Gasteiger partial charge in [0, 0.05) is 5.56 Å². The van der Waals surface area contributed by atoms with Crippen molar-refractivity contribution in [1.29, 1.82) is 0 Å². The fourth-order valence-electron chi connectivity index (χ4n) is 2.70. The summed E-state index contributed by atoms with van der Waals surface area (Å²) in [6.07, 6.45) is 3.87. The van der Waals surface area contributed by atoms with Crippen LogP contribution in [-0.4, -0.2) is 21.1 Å². The second-order valence-corrected chi connectivity index (χ2v) is 7.92. The number of rotatable bonds is 4. The van der Waals surface area contributed by atoms with E-state index in [9.17, 15) is 0 Å². The molecule has 0 spiro atoms. The monoisotopic (exact) mass is 376 g/mol. The predicted molar refractivity (Wildman–Crippen MR) is 116 cm³/mol. The molecule has 0 aliphatic rings. The van der Waals surface area contributed by atoms with Gasteiger partial charge in [0.05, 0.1) is 6.21 Å². The van der Waals surface area contributed by atoms with Gasteiger partial charge in [-0.3, -0.25) is 0 Å². The van der Waals surface area contributed by atoms with Gasteiger partial charge >= 0.3 is 0 Å². The molecular weight excluding hydrogens is 352 g/mol. The molecule has 0 aliphatic heterocycles. The van der Waals surface area contributed by atoms with Crippen LogP contribution < -0.4 is 0 Å². The van der Waals surface area contributed by atoms with Crippen LogP contribution in [0.25, 0.3) is 17.5 Å². The molecule has 1 heterocycles. The second-order valence-electron chi connectivity index (χ2n) is 7.54. The number of aromatic amines is 1. The standard InChI is InChI=1S/C22H24N4S/c1-16(14-17-8-6-5-7-9-17)15-23-26-20(24-25-21(26)27)18-10-12-19(13-11-18)22(2,3)4/h5-15H,1-4H3,(H,25,27). The van der Waals surface area contributed by atoms with Gasteiger partial charge in [0.15, 0.2) is 5.82 Å². The second kappa shape index (κ2) is 7.84. The molecule has 0 saturated carbocycles. The summed E-state index contributed by atoms with van der Waals surface area (Å²) in [5.74, 6) is 0.698. The van der Waals surface area contributed by atoms with Crippen molar-refractivity contribution in [2.24, 2.45) is 5.10 Å². The van der Waals surface area contributed by atoms with Gasteiger partial charge in [-0.2, -0.15) is 14.9 Å². The molecule has 3 aromatic rings. The quantitative estimate of drug-likeness (QED) is 0.459. The van der Waals surface area contributed by atoms with Crippen molar-refractivity contribution in [1.82, 2.24) is 14.9 Å². The first kappa shape index (κ1) is 19.0. The molecule has 0 saturated heterocycles. The van der Waals surface area contributed by atoms with Crippen molar-refractivity contribution in [3.63, 3.8) is 0 Å². The number of benzene rings is 2. The van der Waals surface area contributed by atoms with E-state index >= 15 is 0 Å². The Balaban J connectivity index is 1.89. The third-order valence-electron chi connectivity index (χ3n) is 4.23. The Bertz CT molecular complexity index is 1020. The lowest BCUT2D eigenvalue weighted by atomic mass is 9.87. The van der Waals surface area contributed by atoms with Crippen LogP contribution in [0.5, 0.6) is 0 Å². The summed E-state index contributed by atoms with van der Waals surface area (Å²) in [7, 11) is 0. The SMILES string of the molecule is CC(C=Nn1c(-c2ccc(C(C)(C)C)cc2)n[nH]c1=S)=Cc1ccccc1. The predicted octanol–water partition coefficient (Wildman–Crippen LogP) is 5.84. The van der Waals surface area contributed by atoms with E-state index in [1.54, 1.807) is 10.9 Å². The van der Waals surface area contributed by atoms with E-state index in [4.69, 9.17) is 12.2 Å². The zero-order chi connectivity index (χ0) is 19.4. The van der Waals surface area contributed by atoms with Gasteiger partial charge in [-0.15, -0.1) is 0 Å². The highest BCUT2D eigenvalue weighted by Crippen LogP contribution is 2.25. The van der Waals surface area contributed by atoms with Crippen LogP contribution in [0.3, 0.4) is 0 Å². The van der Waals surface area contributed by atoms with Gasteiger partial charge in [-0.1, -0.05) is 81.4 Å². The molecule has 4 nitrogen and oxygen atoms in total. The molecule has 5 heteroatoms. The Morgan fingerprint density at radius 3 is 2.37 bits per heavy atom. The highest BCUT2D eigenvalue weighted by molar-refractivity contribution is 7.71. The van der Waals surface area contributed by atoms with Gasteiger partial charge in [-0.05, 0) is 41.3 Å². The first-order valence-corrected chi connectivity index (χ1v) is 9.31. The molecule has 0 amide bonds. The number of hydrogen-bond donors (Lipinski definition) is 1. The summed E-state index contributed by atoms with van der Waals surface area (Å²) in [6.45, 7) is 8.61. The van der Waals surface area contributed by atoms with E-state index in [-0.39, 0.29) is 5.41 Å². The topological polar surface area (TPSA) is 46.0 Å². The average molecular weight is 377 g/mol. The lowest BCUT2D eigenvalue weighted by molar-refractivity contribution is 0.590. The molecule has 2 aromatic carbocycles. The Morgan fingerprint density at radius 1 is 1.07 bits per heavy atom. The van der Waals surface area contributed by atoms with Gasteiger partial charge in [0.2, 0.25) is 4.77 Å². The minimum absolute atomic E-state index is 0.112. The zero-order valence-corrected chi connectivity index (χ0v) is 16.9. The van der Waals surface area contributed by atoms with E-state index in [2.05, 4.69) is 78.5 Å². The molecule has 0 aliphatic carbocycles.